The third-order valence-electron chi connectivity index (χ3n) is 2.51. The van der Waals surface area contributed by atoms with Crippen LogP contribution in [-0.4, -0.2) is 56.3 Å². The molecular weight excluding hydrogens is 232 g/mol. The Hall–Kier alpha value is -1.56. The van der Waals surface area contributed by atoms with E-state index in [2.05, 4.69) is 34.3 Å². The first-order chi connectivity index (χ1) is 8.58. The van der Waals surface area contributed by atoms with E-state index < -0.39 is 0 Å². The fraction of sp³-hybridized carbons (Fsp3) is 0.667. The molecule has 0 saturated carbocycles. The summed E-state index contributed by atoms with van der Waals surface area (Å²) < 4.78 is 10.4. The smallest absolute Gasteiger partial charge is 0.229 e. The molecule has 1 N–H and O–H groups in total. The predicted molar refractivity (Wildman–Crippen MR) is 71.5 cm³/mol. The number of aromatic nitrogens is 2. The lowest BCUT2D eigenvalue weighted by atomic mass is 10.3. The zero-order valence-electron chi connectivity index (χ0n) is 11.8. The molecule has 0 aliphatic heterocycles. The van der Waals surface area contributed by atoms with Gasteiger partial charge >= 0.3 is 0 Å². The summed E-state index contributed by atoms with van der Waals surface area (Å²) in [5, 5.41) is 3.17. The van der Waals surface area contributed by atoms with Crippen LogP contribution in [0.2, 0.25) is 0 Å². The van der Waals surface area contributed by atoms with Crippen molar-refractivity contribution in [3.63, 3.8) is 0 Å². The van der Waals surface area contributed by atoms with E-state index in [1.165, 1.54) is 0 Å². The Morgan fingerprint density at radius 1 is 1.11 bits per heavy atom. The minimum atomic E-state index is 0.535. The summed E-state index contributed by atoms with van der Waals surface area (Å²) in [6.07, 6.45) is 1.02. The maximum absolute atomic E-state index is 5.19. The van der Waals surface area contributed by atoms with Gasteiger partial charge in [0.2, 0.25) is 17.7 Å². The van der Waals surface area contributed by atoms with Gasteiger partial charge in [0.25, 0.3) is 0 Å². The van der Waals surface area contributed by atoms with Crippen LogP contribution in [0.15, 0.2) is 0 Å². The highest BCUT2D eigenvalue weighted by atomic mass is 16.5. The van der Waals surface area contributed by atoms with Crippen LogP contribution in [0.4, 0.5) is 5.95 Å². The van der Waals surface area contributed by atoms with E-state index in [1.807, 2.05) is 6.92 Å². The molecule has 0 amide bonds. The molecule has 0 bridgehead atoms. The molecule has 0 fully saturated rings. The van der Waals surface area contributed by atoms with Gasteiger partial charge in [0.05, 0.1) is 19.8 Å². The SMILES string of the molecule is COc1nc(NCCCN(C)C)nc(OC)c1C. The number of nitrogens with one attached hydrogen (secondary N) is 1. The molecule has 0 spiro atoms. The Labute approximate surface area is 108 Å². The van der Waals surface area contributed by atoms with Gasteiger partial charge in [0.15, 0.2) is 0 Å². The Kier molecular flexibility index (Phi) is 5.64. The minimum Gasteiger partial charge on any atom is -0.481 e. The van der Waals surface area contributed by atoms with Crippen LogP contribution in [-0.2, 0) is 0 Å². The standard InChI is InChI=1S/C12H22N4O2/c1-9-10(17-4)14-12(15-11(9)18-5)13-7-6-8-16(2)3/h6-8H2,1-5H3,(H,13,14,15). The Balaban J connectivity index is 2.65. The van der Waals surface area contributed by atoms with Crippen molar-refractivity contribution in [3.05, 3.63) is 5.56 Å². The van der Waals surface area contributed by atoms with Crippen LogP contribution in [0.3, 0.4) is 0 Å². The Morgan fingerprint density at radius 2 is 1.67 bits per heavy atom. The molecule has 0 aromatic carbocycles. The number of ether oxygens (including phenoxy) is 2. The minimum absolute atomic E-state index is 0.535. The van der Waals surface area contributed by atoms with E-state index >= 15 is 0 Å². The number of rotatable bonds is 7. The quantitative estimate of drug-likeness (QED) is 0.737. The van der Waals surface area contributed by atoms with Crippen molar-refractivity contribution in [2.24, 2.45) is 0 Å². The van der Waals surface area contributed by atoms with Gasteiger partial charge in [0.1, 0.15) is 0 Å². The molecule has 0 radical (unpaired) electrons. The van der Waals surface area contributed by atoms with Crippen LogP contribution >= 0.6 is 0 Å². The Bertz CT molecular complexity index is 357. The van der Waals surface area contributed by atoms with E-state index in [0.717, 1.165) is 25.1 Å². The summed E-state index contributed by atoms with van der Waals surface area (Å²) >= 11 is 0. The molecule has 1 aromatic heterocycles. The van der Waals surface area contributed by atoms with E-state index in [4.69, 9.17) is 9.47 Å². The summed E-state index contributed by atoms with van der Waals surface area (Å²) in [7, 11) is 7.28. The van der Waals surface area contributed by atoms with Crippen LogP contribution in [0.5, 0.6) is 11.8 Å². The van der Waals surface area contributed by atoms with Gasteiger partial charge in [-0.05, 0) is 34.0 Å². The first kappa shape index (κ1) is 14.5. The van der Waals surface area contributed by atoms with Crippen molar-refractivity contribution in [1.29, 1.82) is 0 Å². The van der Waals surface area contributed by atoms with Crippen LogP contribution < -0.4 is 14.8 Å². The normalized spacial score (nSPS) is 10.6. The fourth-order valence-corrected chi connectivity index (χ4v) is 1.55. The summed E-state index contributed by atoms with van der Waals surface area (Å²) in [4.78, 5) is 10.7. The molecular formula is C12H22N4O2. The molecule has 1 rings (SSSR count). The lowest BCUT2D eigenvalue weighted by Gasteiger charge is -2.12. The molecule has 0 aliphatic rings. The zero-order chi connectivity index (χ0) is 13.5. The van der Waals surface area contributed by atoms with E-state index in [1.54, 1.807) is 14.2 Å². The number of anilines is 1. The Morgan fingerprint density at radius 3 is 2.11 bits per heavy atom. The lowest BCUT2D eigenvalue weighted by Crippen LogP contribution is -2.17. The van der Waals surface area contributed by atoms with Crippen molar-refractivity contribution in [2.45, 2.75) is 13.3 Å². The third kappa shape index (κ3) is 4.03. The van der Waals surface area contributed by atoms with Crippen molar-refractivity contribution >= 4 is 5.95 Å². The molecule has 0 unspecified atom stereocenters. The van der Waals surface area contributed by atoms with Crippen molar-refractivity contribution in [3.8, 4) is 11.8 Å². The highest BCUT2D eigenvalue weighted by molar-refractivity contribution is 5.41. The highest BCUT2D eigenvalue weighted by Crippen LogP contribution is 2.24. The van der Waals surface area contributed by atoms with Gasteiger partial charge in [-0.1, -0.05) is 0 Å². The largest absolute Gasteiger partial charge is 0.481 e. The van der Waals surface area contributed by atoms with Crippen LogP contribution in [0.25, 0.3) is 0 Å². The maximum Gasteiger partial charge on any atom is 0.229 e. The second kappa shape index (κ2) is 7.00. The molecule has 1 heterocycles. The van der Waals surface area contributed by atoms with E-state index in [-0.39, 0.29) is 0 Å². The second-order valence-corrected chi connectivity index (χ2v) is 4.27. The van der Waals surface area contributed by atoms with Gasteiger partial charge in [-0.25, -0.2) is 0 Å². The number of hydrogen-bond acceptors (Lipinski definition) is 6. The fourth-order valence-electron chi connectivity index (χ4n) is 1.55. The van der Waals surface area contributed by atoms with Gasteiger partial charge in [0, 0.05) is 6.54 Å². The monoisotopic (exact) mass is 254 g/mol. The topological polar surface area (TPSA) is 59.5 Å². The van der Waals surface area contributed by atoms with Crippen molar-refractivity contribution in [1.82, 2.24) is 14.9 Å². The molecule has 6 heteroatoms. The third-order valence-corrected chi connectivity index (χ3v) is 2.51. The summed E-state index contributed by atoms with van der Waals surface area (Å²) in [6, 6.07) is 0. The summed E-state index contributed by atoms with van der Waals surface area (Å²) in [5.41, 5.74) is 0.804. The number of hydrogen-bond donors (Lipinski definition) is 1. The van der Waals surface area contributed by atoms with Gasteiger partial charge in [-0.15, -0.1) is 0 Å². The van der Waals surface area contributed by atoms with Gasteiger partial charge in [-0.2, -0.15) is 9.97 Å². The predicted octanol–water partition coefficient (Wildman–Crippen LogP) is 1.17. The number of methoxy groups -OCH3 is 2. The number of nitrogens with zero attached hydrogens (tertiary/aromatic N) is 3. The van der Waals surface area contributed by atoms with Gasteiger partial charge < -0.3 is 19.7 Å². The van der Waals surface area contributed by atoms with E-state index in [9.17, 15) is 0 Å². The van der Waals surface area contributed by atoms with Crippen LogP contribution in [0, 0.1) is 6.92 Å². The highest BCUT2D eigenvalue weighted by Gasteiger charge is 2.11. The summed E-state index contributed by atoms with van der Waals surface area (Å²) in [5.74, 6) is 1.61. The molecule has 6 nitrogen and oxygen atoms in total. The average Bonchev–Trinajstić information content (AvgIpc) is 2.35. The van der Waals surface area contributed by atoms with Gasteiger partial charge in [-0.3, -0.25) is 0 Å². The summed E-state index contributed by atoms with van der Waals surface area (Å²) in [6.45, 7) is 3.70. The maximum atomic E-state index is 5.19. The zero-order valence-corrected chi connectivity index (χ0v) is 11.8. The first-order valence-corrected chi connectivity index (χ1v) is 5.93. The molecule has 102 valence electrons. The van der Waals surface area contributed by atoms with E-state index in [0.29, 0.717) is 17.7 Å². The molecule has 0 atom stereocenters. The lowest BCUT2D eigenvalue weighted by molar-refractivity contribution is 0.366. The average molecular weight is 254 g/mol. The molecule has 0 aliphatic carbocycles. The first-order valence-electron chi connectivity index (χ1n) is 5.93. The second-order valence-electron chi connectivity index (χ2n) is 4.27. The van der Waals surface area contributed by atoms with Crippen LogP contribution in [0.1, 0.15) is 12.0 Å². The molecule has 1 aromatic rings. The van der Waals surface area contributed by atoms with Crippen molar-refractivity contribution < 1.29 is 9.47 Å². The van der Waals surface area contributed by atoms with Crippen molar-refractivity contribution in [2.75, 3.05) is 46.7 Å². The molecule has 0 saturated heterocycles. The molecule has 18 heavy (non-hydrogen) atoms.